The van der Waals surface area contributed by atoms with E-state index in [0.717, 1.165) is 22.7 Å². The molecule has 1 heterocycles. The van der Waals surface area contributed by atoms with E-state index in [9.17, 15) is 0 Å². The average Bonchev–Trinajstić information content (AvgIpc) is 3.53. The molecule has 0 aliphatic rings. The number of para-hydroxylation sites is 2. The predicted molar refractivity (Wildman–Crippen MR) is 212 cm³/mol. The third-order valence-electron chi connectivity index (χ3n) is 9.59. The smallest absolute Gasteiger partial charge is 0.0541 e. The molecule has 50 heavy (non-hydrogen) atoms. The molecule has 0 spiro atoms. The molecule has 9 aromatic rings. The molecule has 8 aromatic carbocycles. The Morgan fingerprint density at radius 2 is 0.720 bits per heavy atom. The minimum absolute atomic E-state index is 1.11. The highest BCUT2D eigenvalue weighted by Gasteiger charge is 2.15. The van der Waals surface area contributed by atoms with Crippen LogP contribution in [-0.2, 0) is 0 Å². The number of nitrogens with zero attached hydrogens (tertiary/aromatic N) is 2. The van der Waals surface area contributed by atoms with E-state index in [1.165, 1.54) is 55.2 Å². The summed E-state index contributed by atoms with van der Waals surface area (Å²) in [4.78, 5) is 2.32. The van der Waals surface area contributed by atoms with Crippen molar-refractivity contribution in [2.45, 2.75) is 0 Å². The SMILES string of the molecule is c1ccc(-c2ccc(N(c3ccccc3)c3ccc(-c4cccc(-n5c6ccccc6c6cc(-c7ccccc7)ccc65)c4)cc3)cc2)cc1. The molecule has 9 rings (SSSR count). The molecule has 0 atom stereocenters. The highest BCUT2D eigenvalue weighted by Crippen LogP contribution is 2.38. The molecule has 0 N–H and O–H groups in total. The standard InChI is InChI=1S/C48H34N2/c1-4-13-35(14-5-1)37-23-28-42(29-24-37)49(41-18-8-3-9-19-41)43-30-25-38(26-31-43)39-17-12-20-44(33-39)50-47-22-11-10-21-45(47)46-34-40(27-32-48(46)50)36-15-6-2-7-16-36/h1-34H. The van der Waals surface area contributed by atoms with Crippen LogP contribution in [0.15, 0.2) is 206 Å². The van der Waals surface area contributed by atoms with Crippen molar-refractivity contribution in [3.8, 4) is 39.1 Å². The Bertz CT molecular complexity index is 2550. The number of fused-ring (bicyclic) bond motifs is 3. The van der Waals surface area contributed by atoms with Gasteiger partial charge in [-0.3, -0.25) is 0 Å². The Morgan fingerprint density at radius 3 is 1.38 bits per heavy atom. The van der Waals surface area contributed by atoms with E-state index in [-0.39, 0.29) is 0 Å². The summed E-state index contributed by atoms with van der Waals surface area (Å²) in [6.45, 7) is 0. The van der Waals surface area contributed by atoms with Crippen LogP contribution in [0.2, 0.25) is 0 Å². The summed E-state index contributed by atoms with van der Waals surface area (Å²) in [5, 5.41) is 2.52. The third-order valence-corrected chi connectivity index (χ3v) is 9.59. The third kappa shape index (κ3) is 5.43. The van der Waals surface area contributed by atoms with Crippen molar-refractivity contribution in [2.24, 2.45) is 0 Å². The fourth-order valence-electron chi connectivity index (χ4n) is 7.15. The van der Waals surface area contributed by atoms with E-state index in [4.69, 9.17) is 0 Å². The van der Waals surface area contributed by atoms with Gasteiger partial charge in [-0.05, 0) is 100 Å². The summed E-state index contributed by atoms with van der Waals surface area (Å²) in [5.74, 6) is 0. The summed E-state index contributed by atoms with van der Waals surface area (Å²) in [6.07, 6.45) is 0. The minimum Gasteiger partial charge on any atom is -0.311 e. The highest BCUT2D eigenvalue weighted by atomic mass is 15.1. The average molecular weight is 639 g/mol. The van der Waals surface area contributed by atoms with Gasteiger partial charge in [0.15, 0.2) is 0 Å². The maximum absolute atomic E-state index is 2.40. The molecule has 1 aromatic heterocycles. The van der Waals surface area contributed by atoms with E-state index in [1.54, 1.807) is 0 Å². The van der Waals surface area contributed by atoms with Gasteiger partial charge in [0.05, 0.1) is 11.0 Å². The first kappa shape index (κ1) is 29.5. The molecule has 0 radical (unpaired) electrons. The molecule has 0 amide bonds. The van der Waals surface area contributed by atoms with Gasteiger partial charge in [0.2, 0.25) is 0 Å². The summed E-state index contributed by atoms with van der Waals surface area (Å²) < 4.78 is 2.40. The lowest BCUT2D eigenvalue weighted by Gasteiger charge is -2.26. The summed E-state index contributed by atoms with van der Waals surface area (Å²) in [7, 11) is 0. The Hall–Kier alpha value is -6.64. The lowest BCUT2D eigenvalue weighted by molar-refractivity contribution is 1.18. The van der Waals surface area contributed by atoms with Crippen molar-refractivity contribution in [3.05, 3.63) is 206 Å². The van der Waals surface area contributed by atoms with E-state index < -0.39 is 0 Å². The van der Waals surface area contributed by atoms with Gasteiger partial charge in [-0.15, -0.1) is 0 Å². The second-order valence-electron chi connectivity index (χ2n) is 12.6. The fraction of sp³-hybridized carbons (Fsp3) is 0. The van der Waals surface area contributed by atoms with Gasteiger partial charge in [0, 0.05) is 33.5 Å². The Kier molecular flexibility index (Phi) is 7.53. The molecule has 0 saturated heterocycles. The van der Waals surface area contributed by atoms with E-state index in [1.807, 2.05) is 0 Å². The van der Waals surface area contributed by atoms with Crippen molar-refractivity contribution in [1.82, 2.24) is 4.57 Å². The first-order chi connectivity index (χ1) is 24.8. The number of aromatic nitrogens is 1. The van der Waals surface area contributed by atoms with Crippen molar-refractivity contribution < 1.29 is 0 Å². The molecule has 0 saturated carbocycles. The Morgan fingerprint density at radius 1 is 0.280 bits per heavy atom. The lowest BCUT2D eigenvalue weighted by atomic mass is 10.0. The van der Waals surface area contributed by atoms with Gasteiger partial charge in [-0.1, -0.05) is 140 Å². The maximum atomic E-state index is 2.40. The predicted octanol–water partition coefficient (Wildman–Crippen LogP) is 13.3. The van der Waals surface area contributed by atoms with Crippen molar-refractivity contribution in [3.63, 3.8) is 0 Å². The number of anilines is 3. The van der Waals surface area contributed by atoms with Gasteiger partial charge >= 0.3 is 0 Å². The summed E-state index contributed by atoms with van der Waals surface area (Å²) >= 11 is 0. The molecular formula is C48H34N2. The second kappa shape index (κ2) is 12.8. The maximum Gasteiger partial charge on any atom is 0.0541 e. The molecule has 236 valence electrons. The molecule has 2 nitrogen and oxygen atoms in total. The van der Waals surface area contributed by atoms with E-state index in [2.05, 4.69) is 216 Å². The molecule has 0 aliphatic heterocycles. The number of hydrogen-bond donors (Lipinski definition) is 0. The zero-order valence-electron chi connectivity index (χ0n) is 27.5. The number of benzene rings is 8. The van der Waals surface area contributed by atoms with Crippen LogP contribution < -0.4 is 4.90 Å². The van der Waals surface area contributed by atoms with Crippen LogP contribution in [0.4, 0.5) is 17.1 Å². The van der Waals surface area contributed by atoms with Crippen molar-refractivity contribution >= 4 is 38.9 Å². The first-order valence-electron chi connectivity index (χ1n) is 17.1. The van der Waals surface area contributed by atoms with Gasteiger partial charge in [-0.2, -0.15) is 0 Å². The van der Waals surface area contributed by atoms with Gasteiger partial charge < -0.3 is 9.47 Å². The Labute approximate surface area is 292 Å². The Balaban J connectivity index is 1.08. The molecule has 0 fully saturated rings. The zero-order chi connectivity index (χ0) is 33.3. The molecule has 0 unspecified atom stereocenters. The van der Waals surface area contributed by atoms with E-state index in [0.29, 0.717) is 0 Å². The number of hydrogen-bond acceptors (Lipinski definition) is 1. The molecular weight excluding hydrogens is 605 g/mol. The normalized spacial score (nSPS) is 11.2. The second-order valence-corrected chi connectivity index (χ2v) is 12.6. The number of rotatable bonds is 7. The molecule has 0 aliphatic carbocycles. The quantitative estimate of drug-likeness (QED) is 0.169. The van der Waals surface area contributed by atoms with Crippen LogP contribution in [0.25, 0.3) is 60.9 Å². The minimum atomic E-state index is 1.11. The van der Waals surface area contributed by atoms with Crippen LogP contribution in [-0.4, -0.2) is 4.57 Å². The van der Waals surface area contributed by atoms with Gasteiger partial charge in [-0.25, -0.2) is 0 Å². The first-order valence-corrected chi connectivity index (χ1v) is 17.1. The fourth-order valence-corrected chi connectivity index (χ4v) is 7.15. The molecule has 2 heteroatoms. The largest absolute Gasteiger partial charge is 0.311 e. The van der Waals surface area contributed by atoms with Crippen LogP contribution in [0.3, 0.4) is 0 Å². The van der Waals surface area contributed by atoms with Crippen LogP contribution in [0.1, 0.15) is 0 Å². The zero-order valence-corrected chi connectivity index (χ0v) is 27.5. The van der Waals surface area contributed by atoms with Gasteiger partial charge in [0.1, 0.15) is 0 Å². The van der Waals surface area contributed by atoms with Crippen LogP contribution in [0, 0.1) is 0 Å². The van der Waals surface area contributed by atoms with Crippen molar-refractivity contribution in [2.75, 3.05) is 4.90 Å². The van der Waals surface area contributed by atoms with Crippen LogP contribution >= 0.6 is 0 Å². The lowest BCUT2D eigenvalue weighted by Crippen LogP contribution is -2.09. The monoisotopic (exact) mass is 638 g/mol. The van der Waals surface area contributed by atoms with E-state index >= 15 is 0 Å². The van der Waals surface area contributed by atoms with Crippen LogP contribution in [0.5, 0.6) is 0 Å². The summed E-state index contributed by atoms with van der Waals surface area (Å²) in [6, 6.07) is 74.0. The molecule has 0 bridgehead atoms. The van der Waals surface area contributed by atoms with Gasteiger partial charge in [0.25, 0.3) is 0 Å². The highest BCUT2D eigenvalue weighted by molar-refractivity contribution is 6.10. The topological polar surface area (TPSA) is 8.17 Å². The van der Waals surface area contributed by atoms with Crippen molar-refractivity contribution in [1.29, 1.82) is 0 Å². The summed E-state index contributed by atoms with van der Waals surface area (Å²) in [5.41, 5.74) is 14.1.